The number of nitrogens with two attached hydrogens (primary N) is 1. The molecule has 1 amide bonds. The Morgan fingerprint density at radius 1 is 1.29 bits per heavy atom. The van der Waals surface area contributed by atoms with Crippen LogP contribution in [0.2, 0.25) is 0 Å². The molecule has 0 aliphatic carbocycles. The number of rotatable bonds is 6. The third-order valence-corrected chi connectivity index (χ3v) is 3.80. The van der Waals surface area contributed by atoms with Crippen molar-refractivity contribution in [1.29, 1.82) is 0 Å². The standard InChI is InChI=1S/C18H21N3O3/c1-13-5-4-6-14(11-13)23-10-3-2-9-21-17(22)12-24-15-7-8-16(19)20-18(15)21/h4-8,11H,2-3,9-10,12H2,1H3,(H2,19,20). The highest BCUT2D eigenvalue weighted by Crippen LogP contribution is 2.30. The average Bonchev–Trinajstić information content (AvgIpc) is 2.56. The second-order valence-corrected chi connectivity index (χ2v) is 5.76. The quantitative estimate of drug-likeness (QED) is 0.825. The highest BCUT2D eigenvalue weighted by Gasteiger charge is 2.26. The maximum Gasteiger partial charge on any atom is 0.266 e. The zero-order valence-electron chi connectivity index (χ0n) is 13.7. The molecule has 0 atom stereocenters. The van der Waals surface area contributed by atoms with Crippen molar-refractivity contribution in [2.24, 2.45) is 0 Å². The lowest BCUT2D eigenvalue weighted by molar-refractivity contribution is -0.121. The number of ether oxygens (including phenoxy) is 2. The Balaban J connectivity index is 1.51. The van der Waals surface area contributed by atoms with Crippen molar-refractivity contribution in [1.82, 2.24) is 4.98 Å². The molecule has 2 N–H and O–H groups in total. The Bertz CT molecular complexity index is 733. The monoisotopic (exact) mass is 327 g/mol. The van der Waals surface area contributed by atoms with Crippen LogP contribution in [-0.4, -0.2) is 30.6 Å². The minimum Gasteiger partial charge on any atom is -0.494 e. The molecule has 0 radical (unpaired) electrons. The zero-order chi connectivity index (χ0) is 16.9. The first-order valence-corrected chi connectivity index (χ1v) is 8.02. The van der Waals surface area contributed by atoms with Crippen LogP contribution >= 0.6 is 0 Å². The molecule has 0 unspecified atom stereocenters. The molecule has 0 saturated carbocycles. The van der Waals surface area contributed by atoms with Crippen molar-refractivity contribution in [3.63, 3.8) is 0 Å². The maximum absolute atomic E-state index is 12.1. The number of nitrogens with zero attached hydrogens (tertiary/aromatic N) is 2. The molecule has 1 aliphatic heterocycles. The Morgan fingerprint density at radius 2 is 2.17 bits per heavy atom. The largest absolute Gasteiger partial charge is 0.494 e. The van der Waals surface area contributed by atoms with Gasteiger partial charge in [0.1, 0.15) is 11.6 Å². The van der Waals surface area contributed by atoms with E-state index in [1.54, 1.807) is 17.0 Å². The highest BCUT2D eigenvalue weighted by atomic mass is 16.5. The van der Waals surface area contributed by atoms with E-state index in [9.17, 15) is 4.79 Å². The molecule has 1 aromatic carbocycles. The van der Waals surface area contributed by atoms with Gasteiger partial charge in [0, 0.05) is 6.54 Å². The van der Waals surface area contributed by atoms with E-state index >= 15 is 0 Å². The van der Waals surface area contributed by atoms with E-state index < -0.39 is 0 Å². The lowest BCUT2D eigenvalue weighted by Crippen LogP contribution is -2.40. The molecule has 6 heteroatoms. The van der Waals surface area contributed by atoms with E-state index in [4.69, 9.17) is 15.2 Å². The summed E-state index contributed by atoms with van der Waals surface area (Å²) >= 11 is 0. The number of aryl methyl sites for hydroxylation is 1. The van der Waals surface area contributed by atoms with Gasteiger partial charge in [-0.1, -0.05) is 12.1 Å². The van der Waals surface area contributed by atoms with Gasteiger partial charge >= 0.3 is 0 Å². The third kappa shape index (κ3) is 3.76. The molecule has 0 bridgehead atoms. The average molecular weight is 327 g/mol. The number of carbonyl (C=O) groups is 1. The molecule has 126 valence electrons. The molecule has 1 aromatic heterocycles. The summed E-state index contributed by atoms with van der Waals surface area (Å²) in [5.74, 6) is 2.25. The molecule has 2 aromatic rings. The number of benzene rings is 1. The minimum absolute atomic E-state index is 0.0401. The predicted octanol–water partition coefficient (Wildman–Crippen LogP) is 2.56. The number of amides is 1. The molecule has 2 heterocycles. The Morgan fingerprint density at radius 3 is 3.00 bits per heavy atom. The highest BCUT2D eigenvalue weighted by molar-refractivity contribution is 5.96. The van der Waals surface area contributed by atoms with Crippen LogP contribution < -0.4 is 20.1 Å². The fourth-order valence-electron chi connectivity index (χ4n) is 2.59. The number of nitrogen functional groups attached to an aromatic ring is 1. The first-order valence-electron chi connectivity index (χ1n) is 8.02. The summed E-state index contributed by atoms with van der Waals surface area (Å²) in [6.07, 6.45) is 1.66. The summed E-state index contributed by atoms with van der Waals surface area (Å²) in [5, 5.41) is 0. The van der Waals surface area contributed by atoms with Crippen molar-refractivity contribution in [2.75, 3.05) is 30.4 Å². The lowest BCUT2D eigenvalue weighted by atomic mass is 10.2. The van der Waals surface area contributed by atoms with Crippen molar-refractivity contribution < 1.29 is 14.3 Å². The van der Waals surface area contributed by atoms with E-state index in [2.05, 4.69) is 4.98 Å². The summed E-state index contributed by atoms with van der Waals surface area (Å²) in [5.41, 5.74) is 6.89. The van der Waals surface area contributed by atoms with Crippen LogP contribution in [0.3, 0.4) is 0 Å². The van der Waals surface area contributed by atoms with Gasteiger partial charge in [-0.15, -0.1) is 0 Å². The minimum atomic E-state index is -0.0970. The van der Waals surface area contributed by atoms with Crippen LogP contribution in [0.1, 0.15) is 18.4 Å². The van der Waals surface area contributed by atoms with Crippen LogP contribution in [-0.2, 0) is 4.79 Å². The van der Waals surface area contributed by atoms with Gasteiger partial charge in [0.05, 0.1) is 6.61 Å². The Hall–Kier alpha value is -2.76. The predicted molar refractivity (Wildman–Crippen MR) is 92.4 cm³/mol. The second kappa shape index (κ2) is 7.21. The molecule has 1 aliphatic rings. The van der Waals surface area contributed by atoms with Crippen LogP contribution in [0, 0.1) is 6.92 Å². The van der Waals surface area contributed by atoms with Gasteiger partial charge in [0.15, 0.2) is 18.2 Å². The lowest BCUT2D eigenvalue weighted by Gasteiger charge is -2.28. The van der Waals surface area contributed by atoms with Gasteiger partial charge in [-0.05, 0) is 49.6 Å². The number of unbranched alkanes of at least 4 members (excludes halogenated alkanes) is 1. The first kappa shape index (κ1) is 16.1. The normalized spacial score (nSPS) is 13.4. The van der Waals surface area contributed by atoms with Crippen LogP contribution in [0.4, 0.5) is 11.6 Å². The van der Waals surface area contributed by atoms with E-state index in [-0.39, 0.29) is 12.5 Å². The number of hydrogen-bond acceptors (Lipinski definition) is 5. The number of aromatic nitrogens is 1. The van der Waals surface area contributed by atoms with Crippen molar-refractivity contribution >= 4 is 17.5 Å². The zero-order valence-corrected chi connectivity index (χ0v) is 13.7. The fourth-order valence-corrected chi connectivity index (χ4v) is 2.59. The summed E-state index contributed by atoms with van der Waals surface area (Å²) in [6.45, 7) is 3.26. The summed E-state index contributed by atoms with van der Waals surface area (Å²) < 4.78 is 11.1. The molecule has 0 saturated heterocycles. The van der Waals surface area contributed by atoms with Gasteiger partial charge in [0.2, 0.25) is 0 Å². The van der Waals surface area contributed by atoms with E-state index in [1.165, 1.54) is 5.56 Å². The molecule has 0 fully saturated rings. The molecule has 3 rings (SSSR count). The smallest absolute Gasteiger partial charge is 0.266 e. The summed E-state index contributed by atoms with van der Waals surface area (Å²) in [6, 6.07) is 11.4. The second-order valence-electron chi connectivity index (χ2n) is 5.76. The SMILES string of the molecule is Cc1cccc(OCCCCN2C(=O)COc3ccc(N)nc32)c1. The number of carbonyl (C=O) groups excluding carboxylic acids is 1. The van der Waals surface area contributed by atoms with Gasteiger partial charge in [-0.3, -0.25) is 9.69 Å². The Labute approximate surface area is 141 Å². The molecule has 24 heavy (non-hydrogen) atoms. The van der Waals surface area contributed by atoms with Crippen LogP contribution in [0.5, 0.6) is 11.5 Å². The molecular weight excluding hydrogens is 306 g/mol. The van der Waals surface area contributed by atoms with Crippen molar-refractivity contribution in [3.05, 3.63) is 42.0 Å². The van der Waals surface area contributed by atoms with Gasteiger partial charge < -0.3 is 15.2 Å². The van der Waals surface area contributed by atoms with E-state index in [0.717, 1.165) is 18.6 Å². The number of pyridine rings is 1. The first-order chi connectivity index (χ1) is 11.6. The number of anilines is 2. The number of fused-ring (bicyclic) bond motifs is 1. The molecule has 0 spiro atoms. The Kier molecular flexibility index (Phi) is 4.84. The van der Waals surface area contributed by atoms with Gasteiger partial charge in [-0.2, -0.15) is 0 Å². The molecule has 6 nitrogen and oxygen atoms in total. The van der Waals surface area contributed by atoms with E-state index in [0.29, 0.717) is 30.5 Å². The topological polar surface area (TPSA) is 77.7 Å². The van der Waals surface area contributed by atoms with Crippen LogP contribution in [0.25, 0.3) is 0 Å². The van der Waals surface area contributed by atoms with Gasteiger partial charge in [-0.25, -0.2) is 4.98 Å². The van der Waals surface area contributed by atoms with Gasteiger partial charge in [0.25, 0.3) is 5.91 Å². The fraction of sp³-hybridized carbons (Fsp3) is 0.333. The summed E-state index contributed by atoms with van der Waals surface area (Å²) in [7, 11) is 0. The number of hydrogen-bond donors (Lipinski definition) is 1. The van der Waals surface area contributed by atoms with Crippen LogP contribution in [0.15, 0.2) is 36.4 Å². The van der Waals surface area contributed by atoms with E-state index in [1.807, 2.05) is 31.2 Å². The molecular formula is C18H21N3O3. The maximum atomic E-state index is 12.1. The van der Waals surface area contributed by atoms with Crippen molar-refractivity contribution in [3.8, 4) is 11.5 Å². The third-order valence-electron chi connectivity index (χ3n) is 3.80. The summed E-state index contributed by atoms with van der Waals surface area (Å²) in [4.78, 5) is 17.9. The van der Waals surface area contributed by atoms with Crippen molar-refractivity contribution in [2.45, 2.75) is 19.8 Å².